The van der Waals surface area contributed by atoms with Crippen LogP contribution in [0, 0.1) is 33.8 Å². The van der Waals surface area contributed by atoms with Crippen LogP contribution in [0.2, 0.25) is 0 Å². The van der Waals surface area contributed by atoms with Crippen LogP contribution in [-0.4, -0.2) is 18.0 Å². The van der Waals surface area contributed by atoms with Crippen LogP contribution in [0.5, 0.6) is 0 Å². The minimum atomic E-state index is -0.330. The van der Waals surface area contributed by atoms with E-state index in [-0.39, 0.29) is 10.6 Å². The molecule has 3 aliphatic rings. The Labute approximate surface area is 117 Å². The van der Waals surface area contributed by atoms with Gasteiger partial charge in [0.25, 0.3) is 5.69 Å². The minimum absolute atomic E-state index is 0.146. The van der Waals surface area contributed by atoms with Crippen LogP contribution in [0.4, 0.5) is 17.1 Å². The molecule has 0 heterocycles. The highest BCUT2D eigenvalue weighted by Gasteiger charge is 2.65. The predicted molar refractivity (Wildman–Crippen MR) is 77.9 cm³/mol. The third-order valence-corrected chi connectivity index (χ3v) is 5.49. The first-order valence-corrected chi connectivity index (χ1v) is 7.41. The third-order valence-electron chi connectivity index (χ3n) is 5.49. The van der Waals surface area contributed by atoms with E-state index in [2.05, 4.69) is 10.6 Å². The molecule has 4 rings (SSSR count). The second-order valence-corrected chi connectivity index (χ2v) is 6.43. The van der Waals surface area contributed by atoms with Gasteiger partial charge in [0.05, 0.1) is 4.92 Å². The molecule has 5 heteroatoms. The normalized spacial score (nSPS) is 36.5. The van der Waals surface area contributed by atoms with Crippen molar-refractivity contribution in [1.29, 1.82) is 0 Å². The Kier molecular flexibility index (Phi) is 2.46. The zero-order valence-corrected chi connectivity index (χ0v) is 11.5. The summed E-state index contributed by atoms with van der Waals surface area (Å²) < 4.78 is 0. The van der Waals surface area contributed by atoms with Gasteiger partial charge in [-0.25, -0.2) is 0 Å². The third kappa shape index (κ3) is 1.69. The molecule has 0 aliphatic heterocycles. The van der Waals surface area contributed by atoms with Crippen LogP contribution >= 0.6 is 0 Å². The van der Waals surface area contributed by atoms with Crippen molar-refractivity contribution in [2.75, 3.05) is 17.7 Å². The summed E-state index contributed by atoms with van der Waals surface area (Å²) in [4.78, 5) is 10.7. The van der Waals surface area contributed by atoms with E-state index in [1.807, 2.05) is 6.07 Å². The molecule has 4 atom stereocenters. The fraction of sp³-hybridized carbons (Fsp3) is 0.600. The standard InChI is InChI=1S/C15H19N3O2/c1-16-10-5-11(7-12(6-10)18(19)20)17-15-13-8-2-3-9(4-8)14(13)15/h5-9,13-17H,2-4H2,1H3. The van der Waals surface area contributed by atoms with Crippen molar-refractivity contribution in [1.82, 2.24) is 0 Å². The quantitative estimate of drug-likeness (QED) is 0.653. The Morgan fingerprint density at radius 2 is 1.80 bits per heavy atom. The van der Waals surface area contributed by atoms with E-state index in [1.165, 1.54) is 19.3 Å². The molecule has 2 N–H and O–H groups in total. The molecule has 20 heavy (non-hydrogen) atoms. The maximum absolute atomic E-state index is 11.0. The second-order valence-electron chi connectivity index (χ2n) is 6.43. The highest BCUT2D eigenvalue weighted by Crippen LogP contribution is 2.66. The number of hydrogen-bond acceptors (Lipinski definition) is 4. The fourth-order valence-corrected chi connectivity index (χ4v) is 4.66. The molecule has 5 nitrogen and oxygen atoms in total. The average Bonchev–Trinajstić information content (AvgIpc) is 2.85. The molecule has 106 valence electrons. The number of rotatable bonds is 4. The lowest BCUT2D eigenvalue weighted by Gasteiger charge is -2.12. The predicted octanol–water partition coefficient (Wildman–Crippen LogP) is 3.09. The van der Waals surface area contributed by atoms with Crippen LogP contribution in [0.15, 0.2) is 18.2 Å². The molecule has 1 aromatic rings. The van der Waals surface area contributed by atoms with Crippen molar-refractivity contribution < 1.29 is 4.92 Å². The summed E-state index contributed by atoms with van der Waals surface area (Å²) in [5.41, 5.74) is 1.81. The second kappa shape index (κ2) is 4.11. The molecule has 4 unspecified atom stereocenters. The number of hydrogen-bond donors (Lipinski definition) is 2. The van der Waals surface area contributed by atoms with Gasteiger partial charge in [0.15, 0.2) is 0 Å². The van der Waals surface area contributed by atoms with Crippen molar-refractivity contribution in [3.63, 3.8) is 0 Å². The lowest BCUT2D eigenvalue weighted by atomic mass is 10.0. The molecule has 3 saturated carbocycles. The molecule has 0 spiro atoms. The summed E-state index contributed by atoms with van der Waals surface area (Å²) in [6.45, 7) is 0. The first-order chi connectivity index (χ1) is 9.67. The number of nitrogens with zero attached hydrogens (tertiary/aromatic N) is 1. The lowest BCUT2D eigenvalue weighted by molar-refractivity contribution is -0.384. The zero-order chi connectivity index (χ0) is 13.9. The van der Waals surface area contributed by atoms with Gasteiger partial charge in [0.1, 0.15) is 0 Å². The monoisotopic (exact) mass is 273 g/mol. The van der Waals surface area contributed by atoms with Crippen LogP contribution in [-0.2, 0) is 0 Å². The van der Waals surface area contributed by atoms with Gasteiger partial charge < -0.3 is 10.6 Å². The highest BCUT2D eigenvalue weighted by atomic mass is 16.6. The molecule has 0 amide bonds. The maximum atomic E-state index is 11.0. The molecular weight excluding hydrogens is 254 g/mol. The van der Waals surface area contributed by atoms with Gasteiger partial charge in [-0.05, 0) is 49.0 Å². The first kappa shape index (κ1) is 12.0. The maximum Gasteiger partial charge on any atom is 0.273 e. The minimum Gasteiger partial charge on any atom is -0.388 e. The molecular formula is C15H19N3O2. The molecule has 0 saturated heterocycles. The average molecular weight is 273 g/mol. The van der Waals surface area contributed by atoms with Gasteiger partial charge in [0.2, 0.25) is 0 Å². The Morgan fingerprint density at radius 1 is 1.15 bits per heavy atom. The Bertz CT molecular complexity index is 558. The van der Waals surface area contributed by atoms with E-state index in [1.54, 1.807) is 19.2 Å². The van der Waals surface area contributed by atoms with Crippen LogP contribution < -0.4 is 10.6 Å². The van der Waals surface area contributed by atoms with Crippen LogP contribution in [0.3, 0.4) is 0 Å². The summed E-state index contributed by atoms with van der Waals surface area (Å²) >= 11 is 0. The lowest BCUT2D eigenvalue weighted by Crippen LogP contribution is -2.13. The number of nitrogens with one attached hydrogen (secondary N) is 2. The van der Waals surface area contributed by atoms with E-state index in [0.717, 1.165) is 35.0 Å². The molecule has 1 aromatic carbocycles. The van der Waals surface area contributed by atoms with Crippen molar-refractivity contribution in [2.45, 2.75) is 25.3 Å². The van der Waals surface area contributed by atoms with Crippen LogP contribution in [0.1, 0.15) is 19.3 Å². The van der Waals surface area contributed by atoms with Gasteiger partial charge >= 0.3 is 0 Å². The number of fused-ring (bicyclic) bond motifs is 5. The number of nitro groups is 1. The van der Waals surface area contributed by atoms with Gasteiger partial charge in [-0.1, -0.05) is 0 Å². The molecule has 0 radical (unpaired) electrons. The largest absolute Gasteiger partial charge is 0.388 e. The van der Waals surface area contributed by atoms with E-state index in [0.29, 0.717) is 6.04 Å². The summed E-state index contributed by atoms with van der Waals surface area (Å²) in [6.07, 6.45) is 4.20. The molecule has 3 aliphatic carbocycles. The molecule has 3 fully saturated rings. The van der Waals surface area contributed by atoms with Gasteiger partial charge in [-0.15, -0.1) is 0 Å². The SMILES string of the molecule is CNc1cc(NC2C3C4CCC(C4)C23)cc([N+](=O)[O-])c1. The van der Waals surface area contributed by atoms with E-state index in [9.17, 15) is 10.1 Å². The summed E-state index contributed by atoms with van der Waals surface area (Å²) in [7, 11) is 1.79. The van der Waals surface area contributed by atoms with E-state index in [4.69, 9.17) is 0 Å². The fourth-order valence-electron chi connectivity index (χ4n) is 4.66. The Morgan fingerprint density at radius 3 is 2.40 bits per heavy atom. The number of nitro benzene ring substituents is 1. The van der Waals surface area contributed by atoms with Crippen LogP contribution in [0.25, 0.3) is 0 Å². The molecule has 2 bridgehead atoms. The van der Waals surface area contributed by atoms with Crippen molar-refractivity contribution in [2.24, 2.45) is 23.7 Å². The number of benzene rings is 1. The van der Waals surface area contributed by atoms with Gasteiger partial charge in [-0.3, -0.25) is 10.1 Å². The van der Waals surface area contributed by atoms with Crippen molar-refractivity contribution in [3.8, 4) is 0 Å². The van der Waals surface area contributed by atoms with E-state index < -0.39 is 0 Å². The van der Waals surface area contributed by atoms with Crippen molar-refractivity contribution in [3.05, 3.63) is 28.3 Å². The van der Waals surface area contributed by atoms with Gasteiger partial charge in [-0.2, -0.15) is 0 Å². The van der Waals surface area contributed by atoms with E-state index >= 15 is 0 Å². The summed E-state index contributed by atoms with van der Waals surface area (Å²) in [5, 5.41) is 17.5. The summed E-state index contributed by atoms with van der Waals surface area (Å²) in [5.74, 6) is 3.46. The molecule has 0 aromatic heterocycles. The summed E-state index contributed by atoms with van der Waals surface area (Å²) in [6, 6.07) is 5.73. The topological polar surface area (TPSA) is 67.2 Å². The van der Waals surface area contributed by atoms with Gasteiger partial charge in [0, 0.05) is 36.6 Å². The van der Waals surface area contributed by atoms with Crippen molar-refractivity contribution >= 4 is 17.1 Å². The first-order valence-electron chi connectivity index (χ1n) is 7.41. The number of non-ortho nitro benzene ring substituents is 1. The highest BCUT2D eigenvalue weighted by molar-refractivity contribution is 5.64. The number of anilines is 2. The Hall–Kier alpha value is -1.78. The Balaban J connectivity index is 1.55. The zero-order valence-electron chi connectivity index (χ0n) is 11.5. The smallest absolute Gasteiger partial charge is 0.273 e.